The van der Waals surface area contributed by atoms with Gasteiger partial charge in [0.15, 0.2) is 0 Å². The van der Waals surface area contributed by atoms with Gasteiger partial charge in [-0.05, 0) is 66.2 Å². The summed E-state index contributed by atoms with van der Waals surface area (Å²) in [6, 6.07) is -0.218. The summed E-state index contributed by atoms with van der Waals surface area (Å²) in [4.78, 5) is 25.9. The van der Waals surface area contributed by atoms with E-state index in [1.807, 2.05) is 13.8 Å². The van der Waals surface area contributed by atoms with Gasteiger partial charge in [0.1, 0.15) is 11.1 Å². The van der Waals surface area contributed by atoms with E-state index in [-0.39, 0.29) is 6.04 Å². The molecule has 1 N–H and O–H groups in total. The van der Waals surface area contributed by atoms with Gasteiger partial charge in [-0.2, -0.15) is 0 Å². The Labute approximate surface area is 127 Å². The molecule has 0 spiro atoms. The standard InChI is InChI=1S/C16H29NO4/c1-11(2)17(14(20)21-15(4,5)6)16(13(18)19)9-7-12(3)8-10-16/h11-12H,7-10H2,1-6H3,(H,18,19). The molecule has 0 unspecified atom stereocenters. The molecule has 1 aliphatic carbocycles. The zero-order valence-corrected chi connectivity index (χ0v) is 14.1. The topological polar surface area (TPSA) is 66.8 Å². The molecule has 0 aromatic rings. The van der Waals surface area contributed by atoms with E-state index in [9.17, 15) is 14.7 Å². The average Bonchev–Trinajstić information content (AvgIpc) is 2.28. The van der Waals surface area contributed by atoms with Crippen LogP contribution in [0.15, 0.2) is 0 Å². The predicted octanol–water partition coefficient (Wildman–Crippen LogP) is 3.67. The van der Waals surface area contributed by atoms with Crippen molar-refractivity contribution in [1.82, 2.24) is 4.90 Å². The summed E-state index contributed by atoms with van der Waals surface area (Å²) in [5, 5.41) is 9.79. The van der Waals surface area contributed by atoms with Crippen molar-refractivity contribution >= 4 is 12.1 Å². The summed E-state index contributed by atoms with van der Waals surface area (Å²) >= 11 is 0. The molecule has 0 bridgehead atoms. The number of aliphatic carboxylic acids is 1. The van der Waals surface area contributed by atoms with Crippen LogP contribution in [-0.2, 0) is 9.53 Å². The van der Waals surface area contributed by atoms with E-state index < -0.39 is 23.2 Å². The fraction of sp³-hybridized carbons (Fsp3) is 0.875. The summed E-state index contributed by atoms with van der Waals surface area (Å²) in [7, 11) is 0. The Bertz CT molecular complexity index is 390. The van der Waals surface area contributed by atoms with Crippen molar-refractivity contribution in [3.63, 3.8) is 0 Å². The highest BCUT2D eigenvalue weighted by Crippen LogP contribution is 2.38. The summed E-state index contributed by atoms with van der Waals surface area (Å²) in [6.45, 7) is 11.2. The van der Waals surface area contributed by atoms with Crippen LogP contribution in [-0.4, -0.2) is 39.3 Å². The molecule has 0 aliphatic heterocycles. The van der Waals surface area contributed by atoms with Gasteiger partial charge in [0.2, 0.25) is 0 Å². The van der Waals surface area contributed by atoms with Crippen LogP contribution >= 0.6 is 0 Å². The Morgan fingerprint density at radius 3 is 2.05 bits per heavy atom. The Morgan fingerprint density at radius 1 is 1.24 bits per heavy atom. The third kappa shape index (κ3) is 4.11. The van der Waals surface area contributed by atoms with Crippen molar-refractivity contribution in [2.24, 2.45) is 5.92 Å². The first-order valence-corrected chi connectivity index (χ1v) is 7.75. The first-order chi connectivity index (χ1) is 9.49. The first-order valence-electron chi connectivity index (χ1n) is 7.75. The van der Waals surface area contributed by atoms with Crippen LogP contribution in [0.3, 0.4) is 0 Å². The van der Waals surface area contributed by atoms with Crippen molar-refractivity contribution < 1.29 is 19.4 Å². The highest BCUT2D eigenvalue weighted by atomic mass is 16.6. The molecule has 0 radical (unpaired) electrons. The molecule has 0 heterocycles. The SMILES string of the molecule is CC1CCC(C(=O)O)(N(C(=O)OC(C)(C)C)C(C)C)CC1. The van der Waals surface area contributed by atoms with Gasteiger partial charge >= 0.3 is 12.1 Å². The van der Waals surface area contributed by atoms with Crippen LogP contribution in [0.1, 0.15) is 67.2 Å². The highest BCUT2D eigenvalue weighted by Gasteiger charge is 2.50. The Kier molecular flexibility index (Phi) is 5.29. The van der Waals surface area contributed by atoms with Crippen LogP contribution in [0.25, 0.3) is 0 Å². The number of carbonyl (C=O) groups is 2. The number of rotatable bonds is 3. The van der Waals surface area contributed by atoms with Gasteiger partial charge in [0, 0.05) is 6.04 Å². The molecule has 1 fully saturated rings. The molecule has 5 nitrogen and oxygen atoms in total. The molecule has 1 rings (SSSR count). The van der Waals surface area contributed by atoms with Crippen LogP contribution in [0.5, 0.6) is 0 Å². The molecule has 0 aromatic heterocycles. The van der Waals surface area contributed by atoms with E-state index in [2.05, 4.69) is 6.92 Å². The summed E-state index contributed by atoms with van der Waals surface area (Å²) < 4.78 is 5.44. The number of ether oxygens (including phenoxy) is 1. The summed E-state index contributed by atoms with van der Waals surface area (Å²) in [5.74, 6) is -0.418. The number of amides is 1. The molecule has 122 valence electrons. The zero-order valence-electron chi connectivity index (χ0n) is 14.1. The number of carboxylic acids is 1. The Hall–Kier alpha value is -1.26. The molecule has 1 amide bonds. The fourth-order valence-corrected chi connectivity index (χ4v) is 2.99. The van der Waals surface area contributed by atoms with E-state index in [4.69, 9.17) is 4.74 Å². The average molecular weight is 299 g/mol. The Morgan fingerprint density at radius 2 is 1.71 bits per heavy atom. The number of carboxylic acid groups (broad SMARTS) is 1. The molecular weight excluding hydrogens is 270 g/mol. The second kappa shape index (κ2) is 6.24. The van der Waals surface area contributed by atoms with Crippen molar-refractivity contribution in [2.75, 3.05) is 0 Å². The predicted molar refractivity (Wildman–Crippen MR) is 81.2 cm³/mol. The van der Waals surface area contributed by atoms with E-state index in [1.54, 1.807) is 20.8 Å². The lowest BCUT2D eigenvalue weighted by molar-refractivity contribution is -0.156. The molecule has 21 heavy (non-hydrogen) atoms. The number of carbonyl (C=O) groups excluding carboxylic acids is 1. The first kappa shape index (κ1) is 17.8. The van der Waals surface area contributed by atoms with Gasteiger partial charge in [-0.1, -0.05) is 6.92 Å². The van der Waals surface area contributed by atoms with Crippen molar-refractivity contribution in [3.8, 4) is 0 Å². The third-order valence-corrected chi connectivity index (χ3v) is 4.07. The molecule has 0 saturated heterocycles. The lowest BCUT2D eigenvalue weighted by Gasteiger charge is -2.46. The Balaban J connectivity index is 3.10. The highest BCUT2D eigenvalue weighted by molar-refractivity contribution is 5.85. The van der Waals surface area contributed by atoms with Crippen molar-refractivity contribution in [1.29, 1.82) is 0 Å². The van der Waals surface area contributed by atoms with Crippen LogP contribution in [0, 0.1) is 5.92 Å². The van der Waals surface area contributed by atoms with Crippen LogP contribution in [0.2, 0.25) is 0 Å². The van der Waals surface area contributed by atoms with Gasteiger partial charge in [-0.25, -0.2) is 9.59 Å². The van der Waals surface area contributed by atoms with E-state index in [0.29, 0.717) is 18.8 Å². The fourth-order valence-electron chi connectivity index (χ4n) is 2.99. The van der Waals surface area contributed by atoms with Gasteiger partial charge in [-0.3, -0.25) is 4.90 Å². The number of hydrogen-bond donors (Lipinski definition) is 1. The second-order valence-corrected chi connectivity index (χ2v) is 7.46. The maximum Gasteiger partial charge on any atom is 0.411 e. The summed E-state index contributed by atoms with van der Waals surface area (Å²) in [5.41, 5.74) is -1.77. The largest absolute Gasteiger partial charge is 0.479 e. The lowest BCUT2D eigenvalue weighted by Crippen LogP contribution is -2.61. The smallest absolute Gasteiger partial charge is 0.411 e. The van der Waals surface area contributed by atoms with Crippen LogP contribution in [0.4, 0.5) is 4.79 Å². The van der Waals surface area contributed by atoms with Gasteiger partial charge in [-0.15, -0.1) is 0 Å². The van der Waals surface area contributed by atoms with E-state index in [1.165, 1.54) is 4.90 Å². The normalized spacial score (nSPS) is 26.5. The minimum absolute atomic E-state index is 0.218. The molecule has 1 aliphatic rings. The molecule has 0 atom stereocenters. The van der Waals surface area contributed by atoms with E-state index >= 15 is 0 Å². The number of nitrogens with zero attached hydrogens (tertiary/aromatic N) is 1. The van der Waals surface area contributed by atoms with Crippen molar-refractivity contribution in [3.05, 3.63) is 0 Å². The minimum atomic E-state index is -1.14. The summed E-state index contributed by atoms with van der Waals surface area (Å²) in [6.07, 6.45) is 2.08. The number of hydrogen-bond acceptors (Lipinski definition) is 3. The molecular formula is C16H29NO4. The van der Waals surface area contributed by atoms with Gasteiger partial charge in [0.25, 0.3) is 0 Å². The van der Waals surface area contributed by atoms with Gasteiger partial charge in [0.05, 0.1) is 0 Å². The van der Waals surface area contributed by atoms with Crippen molar-refractivity contribution in [2.45, 2.75) is 84.4 Å². The zero-order chi connectivity index (χ0) is 16.4. The molecule has 0 aromatic carbocycles. The minimum Gasteiger partial charge on any atom is -0.479 e. The quantitative estimate of drug-likeness (QED) is 0.863. The molecule has 5 heteroatoms. The van der Waals surface area contributed by atoms with E-state index in [0.717, 1.165) is 12.8 Å². The maximum absolute atomic E-state index is 12.5. The van der Waals surface area contributed by atoms with Crippen LogP contribution < -0.4 is 0 Å². The molecule has 1 saturated carbocycles. The third-order valence-electron chi connectivity index (χ3n) is 4.07. The van der Waals surface area contributed by atoms with Gasteiger partial charge < -0.3 is 9.84 Å². The second-order valence-electron chi connectivity index (χ2n) is 7.46. The lowest BCUT2D eigenvalue weighted by atomic mass is 9.75. The maximum atomic E-state index is 12.5. The monoisotopic (exact) mass is 299 g/mol.